The van der Waals surface area contributed by atoms with E-state index < -0.39 is 0 Å². The molecule has 0 bridgehead atoms. The molecule has 3 rings (SSSR count). The fourth-order valence-corrected chi connectivity index (χ4v) is 2.59. The highest BCUT2D eigenvalue weighted by Crippen LogP contribution is 2.31. The first-order chi connectivity index (χ1) is 8.86. The smallest absolute Gasteiger partial charge is 0.149 e. The molecule has 2 N–H and O–H groups in total. The summed E-state index contributed by atoms with van der Waals surface area (Å²) in [7, 11) is 1.92. The molecule has 0 amide bonds. The Morgan fingerprint density at radius 3 is 2.89 bits per heavy atom. The molecule has 3 nitrogen and oxygen atoms in total. The largest absolute Gasteiger partial charge is 0.382 e. The average molecular weight is 259 g/mol. The number of nitrogens with zero attached hydrogens (tertiary/aromatic N) is 1. The number of hydrogen-bond donors (Lipinski definition) is 2. The van der Waals surface area contributed by atoms with Crippen LogP contribution in [0.3, 0.4) is 0 Å². The molecule has 2 heterocycles. The number of hydrogen-bond acceptors (Lipinski definition) is 4. The highest BCUT2D eigenvalue weighted by molar-refractivity contribution is 7.08. The number of aromatic nitrogens is 1. The molecule has 4 heteroatoms. The van der Waals surface area contributed by atoms with Gasteiger partial charge in [0, 0.05) is 24.5 Å². The lowest BCUT2D eigenvalue weighted by molar-refractivity contribution is 0.888. The summed E-state index contributed by atoms with van der Waals surface area (Å²) in [5.41, 5.74) is 3.31. The Morgan fingerprint density at radius 1 is 1.33 bits per heavy atom. The van der Waals surface area contributed by atoms with Gasteiger partial charge in [0.25, 0.3) is 0 Å². The summed E-state index contributed by atoms with van der Waals surface area (Å²) in [6.07, 6.45) is 2.73. The molecule has 1 aliphatic rings. The maximum atomic E-state index is 4.67. The summed E-state index contributed by atoms with van der Waals surface area (Å²) >= 11 is 1.70. The fraction of sp³-hybridized carbons (Fsp3) is 0.357. The molecule has 94 valence electrons. The minimum absolute atomic E-state index is 0.867. The summed E-state index contributed by atoms with van der Waals surface area (Å²) in [4.78, 5) is 4.67. The van der Waals surface area contributed by atoms with Gasteiger partial charge in [-0.2, -0.15) is 11.3 Å². The number of nitrogens with one attached hydrogen (secondary N) is 2. The Kier molecular flexibility index (Phi) is 3.19. The van der Waals surface area contributed by atoms with Crippen molar-refractivity contribution < 1.29 is 0 Å². The van der Waals surface area contributed by atoms with Crippen molar-refractivity contribution in [1.29, 1.82) is 0 Å². The van der Waals surface area contributed by atoms with E-state index in [-0.39, 0.29) is 0 Å². The Morgan fingerprint density at radius 2 is 2.22 bits per heavy atom. The van der Waals surface area contributed by atoms with Crippen LogP contribution in [0.15, 0.2) is 29.0 Å². The number of anilines is 2. The molecule has 0 aromatic carbocycles. The van der Waals surface area contributed by atoms with Crippen LogP contribution in [0.2, 0.25) is 0 Å². The lowest BCUT2D eigenvalue weighted by Gasteiger charge is -2.11. The summed E-state index contributed by atoms with van der Waals surface area (Å²) in [6.45, 7) is 1.06. The van der Waals surface area contributed by atoms with Gasteiger partial charge in [-0.1, -0.05) is 0 Å². The van der Waals surface area contributed by atoms with Gasteiger partial charge in [-0.25, -0.2) is 4.98 Å². The van der Waals surface area contributed by atoms with Crippen molar-refractivity contribution in [2.75, 3.05) is 24.2 Å². The Labute approximate surface area is 111 Å². The lowest BCUT2D eigenvalue weighted by Crippen LogP contribution is -2.07. The first kappa shape index (κ1) is 11.5. The van der Waals surface area contributed by atoms with E-state index in [9.17, 15) is 0 Å². The van der Waals surface area contributed by atoms with Crippen LogP contribution >= 0.6 is 11.3 Å². The molecular weight excluding hydrogens is 242 g/mol. The van der Waals surface area contributed by atoms with Crippen LogP contribution < -0.4 is 10.6 Å². The second kappa shape index (κ2) is 4.98. The van der Waals surface area contributed by atoms with E-state index in [4.69, 9.17) is 0 Å². The first-order valence-electron chi connectivity index (χ1n) is 6.32. The molecule has 2 aromatic heterocycles. The molecule has 0 saturated heterocycles. The SMILES string of the molecule is CNc1nc(-c2ccsc2)ccc1NCC1CC1. The van der Waals surface area contributed by atoms with Crippen molar-refractivity contribution >= 4 is 22.8 Å². The Balaban J connectivity index is 1.82. The van der Waals surface area contributed by atoms with Gasteiger partial charge in [0.1, 0.15) is 5.82 Å². The summed E-state index contributed by atoms with van der Waals surface area (Å²) in [5, 5.41) is 10.9. The molecule has 1 fully saturated rings. The molecule has 1 aliphatic carbocycles. The summed E-state index contributed by atoms with van der Waals surface area (Å²) in [5.74, 6) is 1.80. The Bertz CT molecular complexity index is 518. The maximum Gasteiger partial charge on any atom is 0.149 e. The molecule has 1 saturated carbocycles. The lowest BCUT2D eigenvalue weighted by atomic mass is 10.2. The van der Waals surface area contributed by atoms with Gasteiger partial charge < -0.3 is 10.6 Å². The van der Waals surface area contributed by atoms with Crippen molar-refractivity contribution in [1.82, 2.24) is 4.98 Å². The molecule has 2 aromatic rings. The van der Waals surface area contributed by atoms with Gasteiger partial charge in [0.15, 0.2) is 0 Å². The minimum Gasteiger partial charge on any atom is -0.382 e. The van der Waals surface area contributed by atoms with Crippen LogP contribution in [-0.2, 0) is 0 Å². The molecule has 0 unspecified atom stereocenters. The van der Waals surface area contributed by atoms with E-state index in [0.717, 1.165) is 29.7 Å². The zero-order valence-corrected chi connectivity index (χ0v) is 11.3. The zero-order valence-electron chi connectivity index (χ0n) is 10.4. The predicted octanol–water partition coefficient (Wildman–Crippen LogP) is 3.67. The molecule has 0 aliphatic heterocycles. The van der Waals surface area contributed by atoms with Crippen LogP contribution in [0, 0.1) is 5.92 Å². The molecule has 0 spiro atoms. The number of thiophene rings is 1. The van der Waals surface area contributed by atoms with Crippen LogP contribution in [0.1, 0.15) is 12.8 Å². The molecular formula is C14H17N3S. The second-order valence-electron chi connectivity index (χ2n) is 4.68. The van der Waals surface area contributed by atoms with Crippen LogP contribution in [0.4, 0.5) is 11.5 Å². The van der Waals surface area contributed by atoms with E-state index >= 15 is 0 Å². The van der Waals surface area contributed by atoms with E-state index in [1.54, 1.807) is 11.3 Å². The third kappa shape index (κ3) is 2.48. The van der Waals surface area contributed by atoms with Crippen LogP contribution in [0.25, 0.3) is 11.3 Å². The second-order valence-corrected chi connectivity index (χ2v) is 5.46. The first-order valence-corrected chi connectivity index (χ1v) is 7.26. The van der Waals surface area contributed by atoms with Gasteiger partial charge in [-0.15, -0.1) is 0 Å². The normalized spacial score (nSPS) is 14.5. The van der Waals surface area contributed by atoms with E-state index in [2.05, 4.69) is 44.6 Å². The third-order valence-electron chi connectivity index (χ3n) is 3.23. The fourth-order valence-electron chi connectivity index (χ4n) is 1.94. The summed E-state index contributed by atoms with van der Waals surface area (Å²) < 4.78 is 0. The topological polar surface area (TPSA) is 37.0 Å². The van der Waals surface area contributed by atoms with Crippen molar-refractivity contribution in [3.05, 3.63) is 29.0 Å². The van der Waals surface area contributed by atoms with Crippen molar-refractivity contribution in [3.63, 3.8) is 0 Å². The third-order valence-corrected chi connectivity index (χ3v) is 3.91. The monoisotopic (exact) mass is 259 g/mol. The van der Waals surface area contributed by atoms with Crippen molar-refractivity contribution in [2.24, 2.45) is 5.92 Å². The zero-order chi connectivity index (χ0) is 12.4. The minimum atomic E-state index is 0.867. The Hall–Kier alpha value is -1.55. The molecule has 0 radical (unpaired) electrons. The quantitative estimate of drug-likeness (QED) is 0.860. The van der Waals surface area contributed by atoms with E-state index in [0.29, 0.717) is 0 Å². The van der Waals surface area contributed by atoms with Crippen LogP contribution in [-0.4, -0.2) is 18.6 Å². The number of rotatable bonds is 5. The van der Waals surface area contributed by atoms with E-state index in [1.165, 1.54) is 18.4 Å². The predicted molar refractivity (Wildman–Crippen MR) is 78.3 cm³/mol. The van der Waals surface area contributed by atoms with Crippen molar-refractivity contribution in [3.8, 4) is 11.3 Å². The van der Waals surface area contributed by atoms with Gasteiger partial charge in [0.2, 0.25) is 0 Å². The van der Waals surface area contributed by atoms with Crippen LogP contribution in [0.5, 0.6) is 0 Å². The summed E-state index contributed by atoms with van der Waals surface area (Å²) in [6, 6.07) is 6.30. The maximum absolute atomic E-state index is 4.67. The van der Waals surface area contributed by atoms with E-state index in [1.807, 2.05) is 7.05 Å². The molecule has 0 atom stereocenters. The highest BCUT2D eigenvalue weighted by Gasteiger charge is 2.21. The van der Waals surface area contributed by atoms with Gasteiger partial charge in [-0.05, 0) is 42.3 Å². The van der Waals surface area contributed by atoms with Gasteiger partial charge >= 0.3 is 0 Å². The highest BCUT2D eigenvalue weighted by atomic mass is 32.1. The standard InChI is InChI=1S/C14H17N3S/c1-15-14-13(16-8-10-2-3-10)5-4-12(17-14)11-6-7-18-9-11/h4-7,9-10,16H,2-3,8H2,1H3,(H,15,17). The van der Waals surface area contributed by atoms with Gasteiger partial charge in [-0.3, -0.25) is 0 Å². The number of pyridine rings is 1. The molecule has 18 heavy (non-hydrogen) atoms. The average Bonchev–Trinajstić information content (AvgIpc) is 3.08. The van der Waals surface area contributed by atoms with Crippen molar-refractivity contribution in [2.45, 2.75) is 12.8 Å². The van der Waals surface area contributed by atoms with Gasteiger partial charge in [0.05, 0.1) is 11.4 Å².